The zero-order valence-corrected chi connectivity index (χ0v) is 17.5. The van der Waals surface area contributed by atoms with Gasteiger partial charge in [-0.2, -0.15) is 0 Å². The van der Waals surface area contributed by atoms with E-state index in [2.05, 4.69) is 27.8 Å². The number of nitrogens with zero attached hydrogens (tertiary/aromatic N) is 2. The summed E-state index contributed by atoms with van der Waals surface area (Å²) in [4.78, 5) is 16.7. The van der Waals surface area contributed by atoms with Crippen molar-refractivity contribution in [1.82, 2.24) is 20.0 Å². The van der Waals surface area contributed by atoms with Crippen molar-refractivity contribution in [2.75, 3.05) is 0 Å². The summed E-state index contributed by atoms with van der Waals surface area (Å²) in [6.07, 6.45) is 1.95. The van der Waals surface area contributed by atoms with Crippen LogP contribution in [0.25, 0.3) is 5.65 Å². The zero-order chi connectivity index (χ0) is 21.5. The first kappa shape index (κ1) is 20.6. The standard InChI is InChI=1S/C25H26N4O2/c1-19-6-5-9-24-28-23(16-29(19)24)15-27-25(30)26-14-20-10-12-22(13-11-20)18-31-17-21-7-3-2-4-8-21/h2-13,16H,14-15,17-18H2,1H3,(H2,26,27,30). The number of benzene rings is 2. The molecule has 0 unspecified atom stereocenters. The Kier molecular flexibility index (Phi) is 6.59. The largest absolute Gasteiger partial charge is 0.372 e. The highest BCUT2D eigenvalue weighted by Crippen LogP contribution is 2.09. The van der Waals surface area contributed by atoms with E-state index < -0.39 is 0 Å². The fourth-order valence-electron chi connectivity index (χ4n) is 3.31. The summed E-state index contributed by atoms with van der Waals surface area (Å²) in [5.41, 5.74) is 6.11. The van der Waals surface area contributed by atoms with Gasteiger partial charge in [0.25, 0.3) is 0 Å². The van der Waals surface area contributed by atoms with Crippen LogP contribution in [-0.4, -0.2) is 15.4 Å². The number of urea groups is 1. The van der Waals surface area contributed by atoms with Crippen molar-refractivity contribution in [3.8, 4) is 0 Å². The molecular weight excluding hydrogens is 388 g/mol. The highest BCUT2D eigenvalue weighted by molar-refractivity contribution is 5.73. The van der Waals surface area contributed by atoms with E-state index in [1.54, 1.807) is 0 Å². The summed E-state index contributed by atoms with van der Waals surface area (Å²) in [6.45, 7) is 4.02. The molecule has 0 radical (unpaired) electrons. The number of aromatic nitrogens is 2. The molecule has 0 atom stereocenters. The van der Waals surface area contributed by atoms with Crippen LogP contribution >= 0.6 is 0 Å². The van der Waals surface area contributed by atoms with Crippen LogP contribution < -0.4 is 10.6 Å². The molecule has 0 aliphatic carbocycles. The van der Waals surface area contributed by atoms with Crippen LogP contribution in [0.1, 0.15) is 28.1 Å². The molecule has 0 spiro atoms. The minimum atomic E-state index is -0.218. The molecule has 0 saturated heterocycles. The highest BCUT2D eigenvalue weighted by atomic mass is 16.5. The number of aryl methyl sites for hydroxylation is 1. The fraction of sp³-hybridized carbons (Fsp3) is 0.200. The summed E-state index contributed by atoms with van der Waals surface area (Å²) < 4.78 is 7.77. The number of nitrogens with one attached hydrogen (secondary N) is 2. The predicted octanol–water partition coefficient (Wildman–Crippen LogP) is 4.36. The second kappa shape index (κ2) is 9.91. The van der Waals surface area contributed by atoms with Crippen molar-refractivity contribution < 1.29 is 9.53 Å². The number of carbonyl (C=O) groups is 1. The molecular formula is C25H26N4O2. The quantitative estimate of drug-likeness (QED) is 0.450. The molecule has 4 aromatic rings. The number of hydrogen-bond donors (Lipinski definition) is 2. The average molecular weight is 415 g/mol. The van der Waals surface area contributed by atoms with Gasteiger partial charge in [0.15, 0.2) is 0 Å². The van der Waals surface area contributed by atoms with Gasteiger partial charge in [0, 0.05) is 18.4 Å². The number of carbonyl (C=O) groups excluding carboxylic acids is 1. The molecule has 31 heavy (non-hydrogen) atoms. The Morgan fingerprint density at radius 1 is 0.839 bits per heavy atom. The maximum atomic E-state index is 12.1. The van der Waals surface area contributed by atoms with Crippen molar-refractivity contribution in [3.63, 3.8) is 0 Å². The average Bonchev–Trinajstić information content (AvgIpc) is 3.22. The molecule has 0 aliphatic heterocycles. The highest BCUT2D eigenvalue weighted by Gasteiger charge is 2.06. The summed E-state index contributed by atoms with van der Waals surface area (Å²) in [6, 6.07) is 23.9. The number of ether oxygens (including phenoxy) is 1. The van der Waals surface area contributed by atoms with Gasteiger partial charge < -0.3 is 19.8 Å². The maximum Gasteiger partial charge on any atom is 0.315 e. The second-order valence-electron chi connectivity index (χ2n) is 7.46. The molecule has 0 saturated carbocycles. The Bertz CT molecular complexity index is 1140. The minimum Gasteiger partial charge on any atom is -0.372 e. The van der Waals surface area contributed by atoms with Gasteiger partial charge >= 0.3 is 6.03 Å². The van der Waals surface area contributed by atoms with Gasteiger partial charge in [-0.05, 0) is 35.7 Å². The van der Waals surface area contributed by atoms with Crippen molar-refractivity contribution in [2.45, 2.75) is 33.2 Å². The lowest BCUT2D eigenvalue weighted by atomic mass is 10.1. The molecule has 0 aliphatic rings. The van der Waals surface area contributed by atoms with Gasteiger partial charge in [-0.25, -0.2) is 9.78 Å². The number of hydrogen-bond acceptors (Lipinski definition) is 3. The first-order chi connectivity index (χ1) is 15.2. The maximum absolute atomic E-state index is 12.1. The van der Waals surface area contributed by atoms with Crippen LogP contribution in [0.3, 0.4) is 0 Å². The Labute approximate surface area is 181 Å². The van der Waals surface area contributed by atoms with Crippen molar-refractivity contribution in [2.24, 2.45) is 0 Å². The van der Waals surface area contributed by atoms with Gasteiger partial charge in [0.1, 0.15) is 5.65 Å². The van der Waals surface area contributed by atoms with Gasteiger partial charge in [-0.15, -0.1) is 0 Å². The lowest BCUT2D eigenvalue weighted by molar-refractivity contribution is 0.107. The van der Waals surface area contributed by atoms with Crippen LogP contribution in [0.5, 0.6) is 0 Å². The van der Waals surface area contributed by atoms with Gasteiger partial charge in [-0.3, -0.25) is 0 Å². The third-order valence-corrected chi connectivity index (χ3v) is 5.03. The first-order valence-corrected chi connectivity index (χ1v) is 10.3. The lowest BCUT2D eigenvalue weighted by Gasteiger charge is -2.08. The first-order valence-electron chi connectivity index (χ1n) is 10.3. The van der Waals surface area contributed by atoms with Crippen LogP contribution in [0.2, 0.25) is 0 Å². The van der Waals surface area contributed by atoms with Crippen molar-refractivity contribution in [1.29, 1.82) is 0 Å². The number of imidazole rings is 1. The molecule has 2 amide bonds. The Morgan fingerprint density at radius 3 is 2.26 bits per heavy atom. The van der Waals surface area contributed by atoms with Crippen LogP contribution in [0.4, 0.5) is 4.79 Å². The molecule has 2 aromatic heterocycles. The monoisotopic (exact) mass is 414 g/mol. The van der Waals surface area contributed by atoms with E-state index in [4.69, 9.17) is 4.74 Å². The van der Waals surface area contributed by atoms with Crippen LogP contribution in [0, 0.1) is 6.92 Å². The fourth-order valence-corrected chi connectivity index (χ4v) is 3.31. The van der Waals surface area contributed by atoms with Crippen molar-refractivity contribution >= 4 is 11.7 Å². The molecule has 2 heterocycles. The number of pyridine rings is 1. The van der Waals surface area contributed by atoms with E-state index in [9.17, 15) is 4.79 Å². The normalized spacial score (nSPS) is 10.9. The lowest BCUT2D eigenvalue weighted by Crippen LogP contribution is -2.34. The van der Waals surface area contributed by atoms with Gasteiger partial charge in [0.05, 0.1) is 25.5 Å². The van der Waals surface area contributed by atoms with E-state index >= 15 is 0 Å². The SMILES string of the molecule is Cc1cccc2nc(CNC(=O)NCc3ccc(COCc4ccccc4)cc3)cn12. The molecule has 2 N–H and O–H groups in total. The summed E-state index contributed by atoms with van der Waals surface area (Å²) in [5.74, 6) is 0. The molecule has 158 valence electrons. The summed E-state index contributed by atoms with van der Waals surface area (Å²) in [7, 11) is 0. The van der Waals surface area contributed by atoms with E-state index in [1.165, 1.54) is 0 Å². The second-order valence-corrected chi connectivity index (χ2v) is 7.46. The van der Waals surface area contributed by atoms with Gasteiger partial charge in [0.2, 0.25) is 0 Å². The molecule has 4 rings (SSSR count). The third-order valence-electron chi connectivity index (χ3n) is 5.03. The van der Waals surface area contributed by atoms with E-state index in [0.29, 0.717) is 26.3 Å². The Hall–Kier alpha value is -3.64. The number of rotatable bonds is 8. The smallest absolute Gasteiger partial charge is 0.315 e. The van der Waals surface area contributed by atoms with E-state index in [0.717, 1.165) is 33.7 Å². The van der Waals surface area contributed by atoms with Gasteiger partial charge in [-0.1, -0.05) is 60.7 Å². The minimum absolute atomic E-state index is 0.218. The molecule has 6 heteroatoms. The predicted molar refractivity (Wildman–Crippen MR) is 120 cm³/mol. The summed E-state index contributed by atoms with van der Waals surface area (Å²) >= 11 is 0. The van der Waals surface area contributed by atoms with E-state index in [-0.39, 0.29) is 6.03 Å². The third kappa shape index (κ3) is 5.71. The molecule has 2 aromatic carbocycles. The van der Waals surface area contributed by atoms with Crippen molar-refractivity contribution in [3.05, 3.63) is 107 Å². The Balaban J connectivity index is 1.19. The Morgan fingerprint density at radius 2 is 1.52 bits per heavy atom. The molecule has 0 fully saturated rings. The van der Waals surface area contributed by atoms with E-state index in [1.807, 2.05) is 78.2 Å². The van der Waals surface area contributed by atoms with Crippen LogP contribution in [0.15, 0.2) is 79.0 Å². The zero-order valence-electron chi connectivity index (χ0n) is 17.5. The van der Waals surface area contributed by atoms with Crippen LogP contribution in [-0.2, 0) is 31.0 Å². The topological polar surface area (TPSA) is 67.7 Å². The molecule has 6 nitrogen and oxygen atoms in total. The number of amides is 2. The summed E-state index contributed by atoms with van der Waals surface area (Å²) in [5, 5.41) is 5.74. The molecule has 0 bridgehead atoms. The number of fused-ring (bicyclic) bond motifs is 1.